The number of esters is 1. The van der Waals surface area contributed by atoms with Crippen molar-refractivity contribution in [2.24, 2.45) is 0 Å². The molecule has 0 amide bonds. The van der Waals surface area contributed by atoms with E-state index in [0.717, 1.165) is 4.47 Å². The van der Waals surface area contributed by atoms with Crippen molar-refractivity contribution in [3.63, 3.8) is 0 Å². The van der Waals surface area contributed by atoms with Gasteiger partial charge in [-0.05, 0) is 51.1 Å². The standard InChI is InChI=1S/C18H21BrO4/c1-12(2)22-14(4)11-17(10-13(3)18(20)21-5)23-16-8-6-15(19)7-9-16/h6-12H,3H2,1-2,4-5H3/b14-11+,17-10+. The maximum Gasteiger partial charge on any atom is 0.337 e. The minimum absolute atomic E-state index is 0.0454. The van der Waals surface area contributed by atoms with E-state index in [-0.39, 0.29) is 11.7 Å². The summed E-state index contributed by atoms with van der Waals surface area (Å²) in [5.41, 5.74) is 0.188. The molecule has 0 fully saturated rings. The first-order valence-corrected chi connectivity index (χ1v) is 7.88. The van der Waals surface area contributed by atoms with Gasteiger partial charge in [0.05, 0.1) is 24.5 Å². The highest BCUT2D eigenvalue weighted by atomic mass is 79.9. The third-order valence-corrected chi connectivity index (χ3v) is 3.11. The Morgan fingerprint density at radius 2 is 1.83 bits per heavy atom. The van der Waals surface area contributed by atoms with Crippen molar-refractivity contribution in [1.29, 1.82) is 0 Å². The van der Waals surface area contributed by atoms with Gasteiger partial charge in [-0.1, -0.05) is 22.5 Å². The molecule has 0 spiro atoms. The molecule has 0 aliphatic carbocycles. The van der Waals surface area contributed by atoms with Gasteiger partial charge < -0.3 is 14.2 Å². The second-order valence-electron chi connectivity index (χ2n) is 5.04. The van der Waals surface area contributed by atoms with Crippen LogP contribution in [0.25, 0.3) is 0 Å². The van der Waals surface area contributed by atoms with Gasteiger partial charge >= 0.3 is 5.97 Å². The summed E-state index contributed by atoms with van der Waals surface area (Å²) in [6.45, 7) is 9.37. The second kappa shape index (κ2) is 9.20. The SMILES string of the molecule is C=C(/C=C(\C=C(/C)OC(C)C)Oc1ccc(Br)cc1)C(=O)OC. The third kappa shape index (κ3) is 7.19. The molecule has 0 radical (unpaired) electrons. The Kier molecular flexibility index (Phi) is 7.62. The summed E-state index contributed by atoms with van der Waals surface area (Å²) in [5.74, 6) is 1.21. The van der Waals surface area contributed by atoms with E-state index in [1.165, 1.54) is 13.2 Å². The molecule has 0 unspecified atom stereocenters. The van der Waals surface area contributed by atoms with E-state index in [4.69, 9.17) is 9.47 Å². The number of ether oxygens (including phenoxy) is 3. The number of allylic oxidation sites excluding steroid dienone is 2. The fraction of sp³-hybridized carbons (Fsp3) is 0.278. The Bertz CT molecular complexity index is 612. The maximum absolute atomic E-state index is 11.5. The van der Waals surface area contributed by atoms with Crippen molar-refractivity contribution in [2.75, 3.05) is 7.11 Å². The zero-order valence-electron chi connectivity index (χ0n) is 13.8. The van der Waals surface area contributed by atoms with Gasteiger partial charge in [0.2, 0.25) is 0 Å². The fourth-order valence-corrected chi connectivity index (χ4v) is 1.97. The lowest BCUT2D eigenvalue weighted by molar-refractivity contribution is -0.135. The zero-order chi connectivity index (χ0) is 17.4. The highest BCUT2D eigenvalue weighted by molar-refractivity contribution is 9.10. The number of rotatable bonds is 7. The molecule has 0 saturated carbocycles. The topological polar surface area (TPSA) is 44.8 Å². The zero-order valence-corrected chi connectivity index (χ0v) is 15.3. The lowest BCUT2D eigenvalue weighted by Crippen LogP contribution is -2.05. The minimum Gasteiger partial charge on any atom is -0.496 e. The molecule has 0 heterocycles. The quantitative estimate of drug-likeness (QED) is 0.295. The van der Waals surface area contributed by atoms with E-state index in [2.05, 4.69) is 27.2 Å². The molecule has 0 saturated heterocycles. The van der Waals surface area contributed by atoms with Crippen LogP contribution >= 0.6 is 15.9 Å². The number of carbonyl (C=O) groups excluding carboxylic acids is 1. The first-order valence-electron chi connectivity index (χ1n) is 7.09. The van der Waals surface area contributed by atoms with Crippen molar-refractivity contribution in [3.05, 3.63) is 64.6 Å². The summed E-state index contributed by atoms with van der Waals surface area (Å²) in [7, 11) is 1.31. The smallest absolute Gasteiger partial charge is 0.337 e. The predicted molar refractivity (Wildman–Crippen MR) is 94.0 cm³/mol. The number of hydrogen-bond donors (Lipinski definition) is 0. The molecule has 1 rings (SSSR count). The van der Waals surface area contributed by atoms with Gasteiger partial charge in [-0.25, -0.2) is 4.79 Å². The molecule has 0 bridgehead atoms. The summed E-state index contributed by atoms with van der Waals surface area (Å²) in [4.78, 5) is 11.5. The number of benzene rings is 1. The largest absolute Gasteiger partial charge is 0.496 e. The van der Waals surface area contributed by atoms with Gasteiger partial charge in [0.25, 0.3) is 0 Å². The molecule has 0 aliphatic rings. The van der Waals surface area contributed by atoms with Crippen LogP contribution in [0.4, 0.5) is 0 Å². The molecule has 124 valence electrons. The summed E-state index contributed by atoms with van der Waals surface area (Å²) in [5, 5.41) is 0. The summed E-state index contributed by atoms with van der Waals surface area (Å²) in [6.07, 6.45) is 3.26. The van der Waals surface area contributed by atoms with Crippen molar-refractivity contribution >= 4 is 21.9 Å². The molecule has 1 aromatic rings. The highest BCUT2D eigenvalue weighted by Gasteiger charge is 2.08. The van der Waals surface area contributed by atoms with E-state index in [0.29, 0.717) is 17.3 Å². The molecular formula is C18H21BrO4. The molecule has 0 aliphatic heterocycles. The van der Waals surface area contributed by atoms with Crippen LogP contribution in [-0.4, -0.2) is 19.2 Å². The molecular weight excluding hydrogens is 360 g/mol. The normalized spacial score (nSPS) is 12.1. The van der Waals surface area contributed by atoms with Gasteiger partial charge in [-0.2, -0.15) is 0 Å². The molecule has 4 nitrogen and oxygen atoms in total. The van der Waals surface area contributed by atoms with Gasteiger partial charge in [-0.3, -0.25) is 0 Å². The van der Waals surface area contributed by atoms with E-state index in [9.17, 15) is 4.79 Å². The van der Waals surface area contributed by atoms with Crippen molar-refractivity contribution in [3.8, 4) is 5.75 Å². The lowest BCUT2D eigenvalue weighted by atomic mass is 10.2. The van der Waals surface area contributed by atoms with E-state index < -0.39 is 5.97 Å². The predicted octanol–water partition coefficient (Wildman–Crippen LogP) is 4.77. The van der Waals surface area contributed by atoms with Crippen molar-refractivity contribution in [2.45, 2.75) is 26.9 Å². The molecule has 23 heavy (non-hydrogen) atoms. The lowest BCUT2D eigenvalue weighted by Gasteiger charge is -2.12. The number of hydrogen-bond acceptors (Lipinski definition) is 4. The summed E-state index contributed by atoms with van der Waals surface area (Å²) in [6, 6.07) is 7.35. The fourth-order valence-electron chi connectivity index (χ4n) is 1.71. The van der Waals surface area contributed by atoms with Crippen LogP contribution in [0.5, 0.6) is 5.75 Å². The van der Waals surface area contributed by atoms with Gasteiger partial charge in [0, 0.05) is 10.5 Å². The Morgan fingerprint density at radius 1 is 1.22 bits per heavy atom. The van der Waals surface area contributed by atoms with Crippen LogP contribution in [0.3, 0.4) is 0 Å². The maximum atomic E-state index is 11.5. The van der Waals surface area contributed by atoms with Crippen LogP contribution in [0.15, 0.2) is 64.6 Å². The molecule has 0 aromatic heterocycles. The van der Waals surface area contributed by atoms with Gasteiger partial charge in [-0.15, -0.1) is 0 Å². The van der Waals surface area contributed by atoms with E-state index in [1.807, 2.05) is 45.0 Å². The van der Waals surface area contributed by atoms with E-state index >= 15 is 0 Å². The van der Waals surface area contributed by atoms with Gasteiger partial charge in [0.15, 0.2) is 0 Å². The summed E-state index contributed by atoms with van der Waals surface area (Å²) < 4.78 is 17.0. The van der Waals surface area contributed by atoms with Gasteiger partial charge in [0.1, 0.15) is 11.5 Å². The van der Waals surface area contributed by atoms with Crippen LogP contribution in [0, 0.1) is 0 Å². The monoisotopic (exact) mass is 380 g/mol. The average molecular weight is 381 g/mol. The molecule has 0 atom stereocenters. The van der Waals surface area contributed by atoms with Crippen molar-refractivity contribution in [1.82, 2.24) is 0 Å². The average Bonchev–Trinajstić information content (AvgIpc) is 2.47. The Balaban J connectivity index is 3.05. The van der Waals surface area contributed by atoms with E-state index in [1.54, 1.807) is 6.08 Å². The summed E-state index contributed by atoms with van der Waals surface area (Å²) >= 11 is 3.37. The van der Waals surface area contributed by atoms with Crippen LogP contribution in [0.1, 0.15) is 20.8 Å². The number of carbonyl (C=O) groups is 1. The van der Waals surface area contributed by atoms with Crippen LogP contribution in [0.2, 0.25) is 0 Å². The highest BCUT2D eigenvalue weighted by Crippen LogP contribution is 2.20. The molecule has 0 N–H and O–H groups in total. The van der Waals surface area contributed by atoms with Crippen molar-refractivity contribution < 1.29 is 19.0 Å². The third-order valence-electron chi connectivity index (χ3n) is 2.58. The molecule has 1 aromatic carbocycles. The first-order chi connectivity index (χ1) is 10.8. The Hall–Kier alpha value is -2.01. The number of halogens is 1. The Morgan fingerprint density at radius 3 is 2.35 bits per heavy atom. The molecule has 5 heteroatoms. The minimum atomic E-state index is -0.516. The number of methoxy groups -OCH3 is 1. The van der Waals surface area contributed by atoms with Crippen LogP contribution in [-0.2, 0) is 14.3 Å². The van der Waals surface area contributed by atoms with Crippen LogP contribution < -0.4 is 4.74 Å². The first kappa shape index (κ1) is 19.0. The second-order valence-corrected chi connectivity index (χ2v) is 5.96. The Labute approximate surface area is 145 Å².